The first kappa shape index (κ1) is 23.4. The number of fused-ring (bicyclic) bond motifs is 4. The lowest BCUT2D eigenvalue weighted by Crippen LogP contribution is -2.37. The van der Waals surface area contributed by atoms with Crippen LogP contribution in [0, 0.1) is 5.41 Å². The van der Waals surface area contributed by atoms with E-state index in [-0.39, 0.29) is 17.0 Å². The van der Waals surface area contributed by atoms with Crippen LogP contribution >= 0.6 is 0 Å². The smallest absolute Gasteiger partial charge is 0.286 e. The Bertz CT molecular complexity index is 1150. The van der Waals surface area contributed by atoms with Gasteiger partial charge in [0.25, 0.3) is 5.92 Å². The van der Waals surface area contributed by atoms with Crippen LogP contribution in [0.1, 0.15) is 116 Å². The van der Waals surface area contributed by atoms with Gasteiger partial charge in [0.2, 0.25) is 0 Å². The monoisotopic (exact) mass is 486 g/mol. The second kappa shape index (κ2) is 7.75. The quantitative estimate of drug-likeness (QED) is 0.629. The summed E-state index contributed by atoms with van der Waals surface area (Å²) in [6.07, 6.45) is 2.97. The molecule has 1 saturated heterocycles. The molecule has 0 bridgehead atoms. The summed E-state index contributed by atoms with van der Waals surface area (Å²) in [5.41, 5.74) is 3.31. The molecule has 2 aromatic heterocycles. The third-order valence-electron chi connectivity index (χ3n) is 8.44. The summed E-state index contributed by atoms with van der Waals surface area (Å²) < 4.78 is 40.2. The van der Waals surface area contributed by atoms with E-state index in [1.807, 2.05) is 0 Å². The van der Waals surface area contributed by atoms with Crippen LogP contribution in [0.4, 0.5) is 8.78 Å². The zero-order chi connectivity index (χ0) is 24.8. The topological polar surface area (TPSA) is 84.7 Å². The van der Waals surface area contributed by atoms with E-state index in [1.165, 1.54) is 12.3 Å². The average Bonchev–Trinajstić information content (AvgIpc) is 3.53. The molecule has 0 radical (unpaired) electrons. The van der Waals surface area contributed by atoms with Gasteiger partial charge in [0.15, 0.2) is 0 Å². The van der Waals surface area contributed by atoms with E-state index >= 15 is 0 Å². The Morgan fingerprint density at radius 1 is 1.09 bits per heavy atom. The molecule has 6 nitrogen and oxygen atoms in total. The second-order valence-electron chi connectivity index (χ2n) is 11.2. The normalized spacial score (nSPS) is 28.4. The molecule has 2 aliphatic carbocycles. The van der Waals surface area contributed by atoms with E-state index in [0.717, 1.165) is 36.6 Å². The number of pyridine rings is 2. The Balaban J connectivity index is 1.58. The highest BCUT2D eigenvalue weighted by molar-refractivity contribution is 5.55. The molecule has 2 spiro atoms. The first-order valence-electron chi connectivity index (χ1n) is 12.6. The van der Waals surface area contributed by atoms with Crippen molar-refractivity contribution in [2.45, 2.75) is 88.6 Å². The van der Waals surface area contributed by atoms with Crippen molar-refractivity contribution in [3.05, 3.63) is 57.7 Å². The summed E-state index contributed by atoms with van der Waals surface area (Å²) in [6, 6.07) is 3.00. The zero-order valence-electron chi connectivity index (χ0n) is 20.4. The molecule has 0 aromatic carbocycles. The number of ether oxygens (including phenoxy) is 2. The van der Waals surface area contributed by atoms with Crippen molar-refractivity contribution in [2.75, 3.05) is 13.2 Å². The third-order valence-corrected chi connectivity index (χ3v) is 8.44. The Labute approximate surface area is 203 Å². The highest BCUT2D eigenvalue weighted by Gasteiger charge is 2.58. The highest BCUT2D eigenvalue weighted by atomic mass is 19.3. The lowest BCUT2D eigenvalue weighted by atomic mass is 9.72. The Kier molecular flexibility index (Phi) is 5.18. The molecular weight excluding hydrogens is 454 g/mol. The van der Waals surface area contributed by atoms with E-state index < -0.39 is 29.8 Å². The maximum Gasteiger partial charge on any atom is 0.286 e. The van der Waals surface area contributed by atoms with Crippen molar-refractivity contribution >= 4 is 0 Å². The van der Waals surface area contributed by atoms with E-state index in [2.05, 4.69) is 18.8 Å². The zero-order valence-corrected chi connectivity index (χ0v) is 20.4. The van der Waals surface area contributed by atoms with Crippen LogP contribution in [0.5, 0.6) is 0 Å². The first-order chi connectivity index (χ1) is 16.6. The number of hydrogen-bond donors (Lipinski definition) is 2. The van der Waals surface area contributed by atoms with Crippen molar-refractivity contribution < 1.29 is 28.5 Å². The molecule has 6 rings (SSSR count). The van der Waals surface area contributed by atoms with Crippen LogP contribution in [0.25, 0.3) is 0 Å². The molecule has 2 N–H and O–H groups in total. The van der Waals surface area contributed by atoms with Crippen molar-refractivity contribution in [3.8, 4) is 0 Å². The van der Waals surface area contributed by atoms with Crippen LogP contribution < -0.4 is 0 Å². The number of aliphatic hydroxyl groups excluding tert-OH is 2. The Hall–Kier alpha value is -2.00. The summed E-state index contributed by atoms with van der Waals surface area (Å²) in [5.74, 6) is -3.00. The molecule has 188 valence electrons. The summed E-state index contributed by atoms with van der Waals surface area (Å²) in [5, 5.41) is 22.8. The van der Waals surface area contributed by atoms with Gasteiger partial charge in [0.1, 0.15) is 17.9 Å². The van der Waals surface area contributed by atoms with E-state index in [4.69, 9.17) is 14.5 Å². The van der Waals surface area contributed by atoms with Crippen molar-refractivity contribution in [3.63, 3.8) is 0 Å². The van der Waals surface area contributed by atoms with Gasteiger partial charge < -0.3 is 19.7 Å². The van der Waals surface area contributed by atoms with Gasteiger partial charge >= 0.3 is 0 Å². The fourth-order valence-electron chi connectivity index (χ4n) is 6.39. The van der Waals surface area contributed by atoms with Gasteiger partial charge in [-0.3, -0.25) is 9.97 Å². The van der Waals surface area contributed by atoms with E-state index in [1.54, 1.807) is 6.07 Å². The lowest BCUT2D eigenvalue weighted by Gasteiger charge is -2.40. The lowest BCUT2D eigenvalue weighted by molar-refractivity contribution is -0.123. The average molecular weight is 487 g/mol. The van der Waals surface area contributed by atoms with E-state index in [9.17, 15) is 19.0 Å². The largest absolute Gasteiger partial charge is 0.388 e. The number of aromatic nitrogens is 2. The molecule has 1 saturated carbocycles. The predicted molar refractivity (Wildman–Crippen MR) is 123 cm³/mol. The number of aliphatic hydroxyl groups is 2. The summed E-state index contributed by atoms with van der Waals surface area (Å²) >= 11 is 0. The highest BCUT2D eigenvalue weighted by Crippen LogP contribution is 2.65. The predicted octanol–water partition coefficient (Wildman–Crippen LogP) is 5.09. The molecule has 4 aliphatic rings. The van der Waals surface area contributed by atoms with Crippen LogP contribution in [0.15, 0.2) is 18.3 Å². The first-order valence-corrected chi connectivity index (χ1v) is 12.6. The summed E-state index contributed by atoms with van der Waals surface area (Å²) in [7, 11) is 0. The summed E-state index contributed by atoms with van der Waals surface area (Å²) in [4.78, 5) is 9.05. The molecule has 35 heavy (non-hydrogen) atoms. The number of rotatable bonds is 3. The fraction of sp³-hybridized carbons (Fsp3) is 0.630. The number of nitrogens with zero attached hydrogens (tertiary/aromatic N) is 2. The van der Waals surface area contributed by atoms with Crippen LogP contribution in [-0.2, 0) is 21.0 Å². The number of alkyl halides is 2. The summed E-state index contributed by atoms with van der Waals surface area (Å²) in [6.45, 7) is 5.97. The van der Waals surface area contributed by atoms with Gasteiger partial charge in [0, 0.05) is 67.0 Å². The van der Waals surface area contributed by atoms with Gasteiger partial charge in [-0.2, -0.15) is 8.78 Å². The van der Waals surface area contributed by atoms with Gasteiger partial charge in [-0.15, -0.1) is 0 Å². The van der Waals surface area contributed by atoms with Gasteiger partial charge in [-0.1, -0.05) is 19.9 Å². The molecule has 2 fully saturated rings. The number of hydrogen-bond acceptors (Lipinski definition) is 6. The number of halogens is 2. The van der Waals surface area contributed by atoms with Gasteiger partial charge in [0.05, 0.1) is 17.4 Å². The minimum atomic E-state index is -3.03. The molecule has 0 amide bonds. The maximum absolute atomic E-state index is 13.8. The molecule has 2 aromatic rings. The third kappa shape index (κ3) is 3.48. The fourth-order valence-corrected chi connectivity index (χ4v) is 6.39. The molecule has 4 heterocycles. The molecular formula is C27H32F2N2O4. The molecule has 2 aliphatic heterocycles. The van der Waals surface area contributed by atoms with Crippen molar-refractivity contribution in [2.24, 2.45) is 5.41 Å². The van der Waals surface area contributed by atoms with E-state index in [0.29, 0.717) is 49.3 Å². The molecule has 1 unspecified atom stereocenters. The maximum atomic E-state index is 13.8. The van der Waals surface area contributed by atoms with Crippen LogP contribution in [-0.4, -0.2) is 33.4 Å². The second-order valence-corrected chi connectivity index (χ2v) is 11.2. The molecule has 3 atom stereocenters. The SMILES string of the molecule is CC(C)c1nc2c(c3c1C(c1ccc(C(C)(F)F)nc1)OC31CCOCC1)[C@@H](O)CC1(CC1)[C@H]2O. The van der Waals surface area contributed by atoms with Crippen molar-refractivity contribution in [1.82, 2.24) is 9.97 Å². The molecule has 8 heteroatoms. The van der Waals surface area contributed by atoms with Gasteiger partial charge in [-0.25, -0.2) is 0 Å². The van der Waals surface area contributed by atoms with Crippen LogP contribution in [0.3, 0.4) is 0 Å². The Morgan fingerprint density at radius 2 is 1.80 bits per heavy atom. The van der Waals surface area contributed by atoms with Crippen LogP contribution in [0.2, 0.25) is 0 Å². The Morgan fingerprint density at radius 3 is 2.37 bits per heavy atom. The van der Waals surface area contributed by atoms with Crippen molar-refractivity contribution in [1.29, 1.82) is 0 Å². The van der Waals surface area contributed by atoms with Gasteiger partial charge in [-0.05, 0) is 36.8 Å². The minimum absolute atomic E-state index is 0.0313. The standard InChI is InChI=1S/C27H32F2N2O4/c1-14(2)21-19-20(18-16(32)12-26(6-7-26)24(33)22(18)31-21)27(8-10-34-11-9-27)35-23(19)15-4-5-17(30-13-15)25(3,28)29/h4-5,13-14,16,23-24,32-33H,6-12H2,1-3H3/t16-,23?,24-/m0/s1. The minimum Gasteiger partial charge on any atom is -0.388 e.